The molecule has 19 heavy (non-hydrogen) atoms. The fraction of sp³-hybridized carbons (Fsp3) is 0.545. The van der Waals surface area contributed by atoms with E-state index < -0.39 is 15.6 Å². The molecular formula is C11H16ClN3O3S. The number of H-pyrrole nitrogens is 1. The summed E-state index contributed by atoms with van der Waals surface area (Å²) in [5, 5.41) is -0.145. The Morgan fingerprint density at radius 3 is 2.53 bits per heavy atom. The van der Waals surface area contributed by atoms with Gasteiger partial charge in [-0.1, -0.05) is 11.6 Å². The number of hydrogen-bond donors (Lipinski definition) is 3. The standard InChI is InChI=1S/C11H16ClN3O3S/c12-10-5-9(6-14-11(10)16)19(17,18)15-8-3-1-7(13)2-4-8/h5-8,15H,1-4,13H2,(H,14,16). The molecular weight excluding hydrogens is 290 g/mol. The maximum atomic E-state index is 12.1. The van der Waals surface area contributed by atoms with Crippen LogP contribution in [0.15, 0.2) is 22.0 Å². The number of rotatable bonds is 3. The van der Waals surface area contributed by atoms with Crippen LogP contribution in [0, 0.1) is 0 Å². The topological polar surface area (TPSA) is 105 Å². The van der Waals surface area contributed by atoms with Crippen molar-refractivity contribution in [2.24, 2.45) is 5.73 Å². The SMILES string of the molecule is NC1CCC(NS(=O)(=O)c2c[nH]c(=O)c(Cl)c2)CC1. The summed E-state index contributed by atoms with van der Waals surface area (Å²) in [6.07, 6.45) is 4.19. The van der Waals surface area contributed by atoms with Crippen LogP contribution >= 0.6 is 11.6 Å². The van der Waals surface area contributed by atoms with E-state index in [9.17, 15) is 13.2 Å². The van der Waals surface area contributed by atoms with E-state index in [1.807, 2.05) is 0 Å². The van der Waals surface area contributed by atoms with Gasteiger partial charge in [0.05, 0.1) is 4.90 Å². The molecule has 0 saturated heterocycles. The summed E-state index contributed by atoms with van der Waals surface area (Å²) < 4.78 is 26.9. The third kappa shape index (κ3) is 3.56. The van der Waals surface area contributed by atoms with E-state index in [2.05, 4.69) is 9.71 Å². The molecule has 0 aliphatic heterocycles. The van der Waals surface area contributed by atoms with Gasteiger partial charge in [-0.05, 0) is 31.7 Å². The Morgan fingerprint density at radius 1 is 1.32 bits per heavy atom. The van der Waals surface area contributed by atoms with E-state index in [4.69, 9.17) is 17.3 Å². The van der Waals surface area contributed by atoms with E-state index in [1.54, 1.807) is 0 Å². The molecule has 1 aromatic heterocycles. The molecule has 1 fully saturated rings. The van der Waals surface area contributed by atoms with Crippen molar-refractivity contribution in [3.63, 3.8) is 0 Å². The van der Waals surface area contributed by atoms with E-state index in [1.165, 1.54) is 0 Å². The van der Waals surface area contributed by atoms with E-state index in [0.717, 1.165) is 37.9 Å². The minimum absolute atomic E-state index is 0.0352. The zero-order valence-electron chi connectivity index (χ0n) is 10.2. The van der Waals surface area contributed by atoms with Crippen molar-refractivity contribution < 1.29 is 8.42 Å². The Bertz CT molecular complexity index is 606. The Morgan fingerprint density at radius 2 is 1.95 bits per heavy atom. The highest BCUT2D eigenvalue weighted by Crippen LogP contribution is 2.19. The van der Waals surface area contributed by atoms with Gasteiger partial charge in [0, 0.05) is 18.3 Å². The van der Waals surface area contributed by atoms with Gasteiger partial charge < -0.3 is 10.7 Å². The summed E-state index contributed by atoms with van der Waals surface area (Å²) in [6, 6.07) is 1.19. The minimum Gasteiger partial charge on any atom is -0.328 e. The summed E-state index contributed by atoms with van der Waals surface area (Å²) in [5.74, 6) is 0. The molecule has 0 spiro atoms. The molecule has 1 heterocycles. The first kappa shape index (κ1) is 14.5. The molecule has 0 atom stereocenters. The predicted molar refractivity (Wildman–Crippen MR) is 72.6 cm³/mol. The van der Waals surface area contributed by atoms with Crippen molar-refractivity contribution in [3.8, 4) is 0 Å². The van der Waals surface area contributed by atoms with Crippen LogP contribution in [0.3, 0.4) is 0 Å². The number of hydrogen-bond acceptors (Lipinski definition) is 4. The second-order valence-corrected chi connectivity index (χ2v) is 6.87. The highest BCUT2D eigenvalue weighted by molar-refractivity contribution is 7.89. The highest BCUT2D eigenvalue weighted by atomic mass is 35.5. The molecule has 1 saturated carbocycles. The summed E-state index contributed by atoms with van der Waals surface area (Å²) in [6.45, 7) is 0. The summed E-state index contributed by atoms with van der Waals surface area (Å²) in [7, 11) is -3.66. The molecule has 2 rings (SSSR count). The normalized spacial score (nSPS) is 24.3. The first-order valence-corrected chi connectivity index (χ1v) is 7.91. The molecule has 0 aromatic carbocycles. The second-order valence-electron chi connectivity index (χ2n) is 4.75. The molecule has 106 valence electrons. The number of aromatic nitrogens is 1. The minimum atomic E-state index is -3.66. The second kappa shape index (κ2) is 5.62. The van der Waals surface area contributed by atoms with Crippen molar-refractivity contribution in [1.29, 1.82) is 0 Å². The van der Waals surface area contributed by atoms with E-state index in [0.29, 0.717) is 0 Å². The van der Waals surface area contributed by atoms with Gasteiger partial charge in [-0.25, -0.2) is 13.1 Å². The molecule has 6 nitrogen and oxygen atoms in total. The molecule has 0 radical (unpaired) electrons. The number of nitrogens with two attached hydrogens (primary N) is 1. The van der Waals surface area contributed by atoms with Crippen molar-refractivity contribution in [2.45, 2.75) is 42.7 Å². The Balaban J connectivity index is 2.14. The van der Waals surface area contributed by atoms with Gasteiger partial charge in [0.1, 0.15) is 5.02 Å². The maximum Gasteiger partial charge on any atom is 0.266 e. The molecule has 1 aliphatic rings. The third-order valence-corrected chi connectivity index (χ3v) is 5.02. The van der Waals surface area contributed by atoms with Crippen LogP contribution in [0.5, 0.6) is 0 Å². The van der Waals surface area contributed by atoms with Crippen LogP contribution in [0.2, 0.25) is 5.02 Å². The quantitative estimate of drug-likeness (QED) is 0.759. The first-order valence-electron chi connectivity index (χ1n) is 6.04. The molecule has 0 unspecified atom stereocenters. The third-order valence-electron chi connectivity index (χ3n) is 3.24. The molecule has 0 amide bonds. The van der Waals surface area contributed by atoms with E-state index in [-0.39, 0.29) is 22.0 Å². The van der Waals surface area contributed by atoms with Crippen LogP contribution in [-0.2, 0) is 10.0 Å². The molecule has 1 aromatic rings. The average molecular weight is 306 g/mol. The smallest absolute Gasteiger partial charge is 0.266 e. The van der Waals surface area contributed by atoms with Crippen LogP contribution in [0.1, 0.15) is 25.7 Å². The summed E-state index contributed by atoms with van der Waals surface area (Å²) in [4.78, 5) is 13.4. The maximum absolute atomic E-state index is 12.1. The monoisotopic (exact) mass is 305 g/mol. The lowest BCUT2D eigenvalue weighted by Gasteiger charge is -2.26. The molecule has 8 heteroatoms. The van der Waals surface area contributed by atoms with Crippen LogP contribution in [-0.4, -0.2) is 25.5 Å². The fourth-order valence-electron chi connectivity index (χ4n) is 2.12. The predicted octanol–water partition coefficient (Wildman–Crippen LogP) is 0.576. The Kier molecular flexibility index (Phi) is 4.29. The first-order chi connectivity index (χ1) is 8.88. The Hall–Kier alpha value is -0.890. The largest absolute Gasteiger partial charge is 0.328 e. The molecule has 4 N–H and O–H groups in total. The van der Waals surface area contributed by atoms with Gasteiger partial charge in [-0.15, -0.1) is 0 Å². The number of halogens is 1. The van der Waals surface area contributed by atoms with Crippen LogP contribution in [0.4, 0.5) is 0 Å². The van der Waals surface area contributed by atoms with E-state index >= 15 is 0 Å². The lowest BCUT2D eigenvalue weighted by molar-refractivity contribution is 0.373. The van der Waals surface area contributed by atoms with Gasteiger partial charge in [0.25, 0.3) is 5.56 Å². The number of aromatic amines is 1. The van der Waals surface area contributed by atoms with Crippen molar-refractivity contribution >= 4 is 21.6 Å². The van der Waals surface area contributed by atoms with Gasteiger partial charge in [-0.2, -0.15) is 0 Å². The highest BCUT2D eigenvalue weighted by Gasteiger charge is 2.24. The van der Waals surface area contributed by atoms with Crippen LogP contribution in [0.25, 0.3) is 0 Å². The number of nitrogens with one attached hydrogen (secondary N) is 2. The zero-order chi connectivity index (χ0) is 14.0. The number of sulfonamides is 1. The van der Waals surface area contributed by atoms with Gasteiger partial charge in [0.2, 0.25) is 10.0 Å². The molecule has 0 bridgehead atoms. The zero-order valence-corrected chi connectivity index (χ0v) is 11.8. The molecule has 1 aliphatic carbocycles. The summed E-state index contributed by atoms with van der Waals surface area (Å²) in [5.41, 5.74) is 5.26. The fourth-order valence-corrected chi connectivity index (χ4v) is 3.65. The van der Waals surface area contributed by atoms with Gasteiger partial charge in [-0.3, -0.25) is 4.79 Å². The summed E-state index contributed by atoms with van der Waals surface area (Å²) >= 11 is 5.63. The van der Waals surface area contributed by atoms with Crippen LogP contribution < -0.4 is 16.0 Å². The van der Waals surface area contributed by atoms with Gasteiger partial charge in [0.15, 0.2) is 0 Å². The van der Waals surface area contributed by atoms with Crippen molar-refractivity contribution in [2.75, 3.05) is 0 Å². The van der Waals surface area contributed by atoms with Crippen molar-refractivity contribution in [3.05, 3.63) is 27.6 Å². The van der Waals surface area contributed by atoms with Gasteiger partial charge >= 0.3 is 0 Å². The average Bonchev–Trinajstić information content (AvgIpc) is 2.35. The van der Waals surface area contributed by atoms with Crippen molar-refractivity contribution in [1.82, 2.24) is 9.71 Å². The number of pyridine rings is 1. The lowest BCUT2D eigenvalue weighted by atomic mass is 9.93. The Labute approximate surface area is 116 Å². The lowest BCUT2D eigenvalue weighted by Crippen LogP contribution is -2.40.